The molecule has 0 aliphatic heterocycles. The quantitative estimate of drug-likeness (QED) is 0.0395. The van der Waals surface area contributed by atoms with Crippen LogP contribution in [0.25, 0.3) is 26.0 Å². The third kappa shape index (κ3) is 22.5. The first-order chi connectivity index (χ1) is 39.4. The maximum atomic E-state index is 5.78. The molecule has 4 nitrogen and oxygen atoms in total. The number of benzene rings is 6. The summed E-state index contributed by atoms with van der Waals surface area (Å²) in [5.41, 5.74) is 3.46. The Morgan fingerprint density at radius 1 is 0.444 bits per heavy atom. The fourth-order valence-electron chi connectivity index (χ4n) is 8.84. The Bertz CT molecular complexity index is 3020. The fourth-order valence-corrected chi connectivity index (χ4v) is 30.4. The van der Waals surface area contributed by atoms with E-state index in [1.165, 1.54) is 81.7 Å². The van der Waals surface area contributed by atoms with E-state index < -0.39 is 34.2 Å². The van der Waals surface area contributed by atoms with E-state index in [9.17, 15) is 0 Å². The predicted molar refractivity (Wildman–Crippen MR) is 366 cm³/mol. The third-order valence-corrected chi connectivity index (χ3v) is 36.8. The molecular formula is C66H71Cl5N4P2PdS2Sn. The summed E-state index contributed by atoms with van der Waals surface area (Å²) < 4.78 is 8.29. The molecule has 426 valence electrons. The Balaban J connectivity index is 0.000000186. The number of unbranched alkanes of at least 4 members (excludes halogenated alkanes) is 3. The molecule has 0 bridgehead atoms. The molecule has 10 rings (SSSR count). The second-order valence-electron chi connectivity index (χ2n) is 18.8. The van der Waals surface area contributed by atoms with Crippen LogP contribution in [0.3, 0.4) is 0 Å². The topological polar surface area (TPSA) is 51.6 Å². The van der Waals surface area contributed by atoms with Gasteiger partial charge < -0.3 is 0 Å². The van der Waals surface area contributed by atoms with E-state index in [1.54, 1.807) is 28.2 Å². The SMILES string of the molecule is C=C(C)c1nc(Cl)nc2ccsc12.C=[C](C)[Sn]([CH2]CCC)([CH2]CCC)[CH2]CCC.Clc1nc(Cl)c2sccc2n1.[Cl][Pd][Cl].c1ccc(P(c2ccccc2)c2ccccc2)cc1.c1ccc(P(c2ccccc2)c2ccccc2)cc1. The van der Waals surface area contributed by atoms with Crippen LogP contribution in [0.5, 0.6) is 0 Å². The fraction of sp³-hybridized carbons (Fsp3) is 0.212. The Kier molecular flexibility index (Phi) is 32.6. The molecular weight excluding hydrogens is 1380 g/mol. The molecule has 0 aliphatic rings. The molecule has 0 spiro atoms. The van der Waals surface area contributed by atoms with Gasteiger partial charge >= 0.3 is 143 Å². The molecule has 15 heteroatoms. The molecule has 0 unspecified atom stereocenters. The average Bonchev–Trinajstić information content (AvgIpc) is 4.29. The van der Waals surface area contributed by atoms with Crippen LogP contribution in [0.4, 0.5) is 0 Å². The predicted octanol–water partition coefficient (Wildman–Crippen LogP) is 20.6. The van der Waals surface area contributed by atoms with Gasteiger partial charge in [-0.15, -0.1) is 22.7 Å². The zero-order valence-corrected chi connectivity index (χ0v) is 58.2. The molecule has 4 heterocycles. The van der Waals surface area contributed by atoms with Gasteiger partial charge in [0.2, 0.25) is 10.6 Å². The molecule has 81 heavy (non-hydrogen) atoms. The molecule has 0 saturated carbocycles. The van der Waals surface area contributed by atoms with Gasteiger partial charge in [0.15, 0.2) is 5.15 Å². The van der Waals surface area contributed by atoms with Crippen LogP contribution in [0.15, 0.2) is 222 Å². The van der Waals surface area contributed by atoms with Crippen molar-refractivity contribution in [3.63, 3.8) is 0 Å². The van der Waals surface area contributed by atoms with Crippen LogP contribution in [0.2, 0.25) is 29.0 Å². The van der Waals surface area contributed by atoms with Gasteiger partial charge in [0.05, 0.1) is 26.1 Å². The zero-order chi connectivity index (χ0) is 58.2. The van der Waals surface area contributed by atoms with Crippen molar-refractivity contribution >= 4 is 169 Å². The number of nitrogens with zero attached hydrogens (tertiary/aromatic N) is 4. The van der Waals surface area contributed by atoms with Gasteiger partial charge in [0, 0.05) is 0 Å². The maximum absolute atomic E-state index is 5.78. The third-order valence-electron chi connectivity index (χ3n) is 12.9. The van der Waals surface area contributed by atoms with Gasteiger partial charge in [-0.05, 0) is 106 Å². The minimum absolute atomic E-state index is 0.106. The number of hydrogen-bond donors (Lipinski definition) is 0. The normalized spacial score (nSPS) is 10.7. The van der Waals surface area contributed by atoms with Crippen LogP contribution in [-0.4, -0.2) is 38.3 Å². The Hall–Kier alpha value is -3.35. The van der Waals surface area contributed by atoms with E-state index in [-0.39, 0.29) is 26.5 Å². The first-order valence-electron chi connectivity index (χ1n) is 26.9. The first kappa shape index (κ1) is 68.4. The molecule has 10 aromatic rings. The molecule has 6 aromatic carbocycles. The maximum Gasteiger partial charge on any atom is -0.0134 e. The molecule has 0 aliphatic carbocycles. The first-order valence-corrected chi connectivity index (χ1v) is 44.0. The second kappa shape index (κ2) is 38.6. The van der Waals surface area contributed by atoms with Crippen molar-refractivity contribution in [1.29, 1.82) is 0 Å². The van der Waals surface area contributed by atoms with Crippen molar-refractivity contribution in [3.05, 3.63) is 243 Å². The molecule has 0 amide bonds. The second-order valence-corrected chi connectivity index (χ2v) is 42.5. The molecule has 0 atom stereocenters. The van der Waals surface area contributed by atoms with E-state index in [1.807, 2.05) is 29.8 Å². The van der Waals surface area contributed by atoms with Crippen molar-refractivity contribution < 1.29 is 15.9 Å². The van der Waals surface area contributed by atoms with Crippen LogP contribution in [0, 0.1) is 0 Å². The van der Waals surface area contributed by atoms with E-state index >= 15 is 0 Å². The summed E-state index contributed by atoms with van der Waals surface area (Å²) in [4.78, 5) is 16.0. The van der Waals surface area contributed by atoms with Gasteiger partial charge in [-0.2, -0.15) is 0 Å². The molecule has 0 fully saturated rings. The van der Waals surface area contributed by atoms with E-state index in [4.69, 9.17) is 53.9 Å². The van der Waals surface area contributed by atoms with Crippen LogP contribution >= 0.6 is 92.4 Å². The average molecular weight is 1450 g/mol. The number of aromatic nitrogens is 4. The number of fused-ring (bicyclic) bond motifs is 2. The Labute approximate surface area is 528 Å². The van der Waals surface area contributed by atoms with Gasteiger partial charge in [-0.1, -0.05) is 200 Å². The molecule has 0 N–H and O–H groups in total. The summed E-state index contributed by atoms with van der Waals surface area (Å²) in [7, 11) is 8.74. The summed E-state index contributed by atoms with van der Waals surface area (Å²) in [6.45, 7) is 19.5. The smallest absolute Gasteiger partial charge is 0.0134 e. The van der Waals surface area contributed by atoms with Gasteiger partial charge in [0.1, 0.15) is 0 Å². The summed E-state index contributed by atoms with van der Waals surface area (Å²) in [6.07, 6.45) is 8.46. The van der Waals surface area contributed by atoms with Crippen LogP contribution < -0.4 is 31.8 Å². The van der Waals surface area contributed by atoms with Crippen molar-refractivity contribution in [2.45, 2.75) is 86.5 Å². The molecule has 0 saturated heterocycles. The minimum atomic E-state index is -1.94. The number of halogens is 5. The standard InChI is InChI=1S/2C18H15P.C9H7ClN2S.C6H2Cl2N2S.3C4H9.C3H5.2ClH.Pd.Sn/c2*1-4-10-16(11-5-1)19(17-12-6-2-7-13-17)18-14-8-3-9-15-18;1-5(2)7-8-6(3-4-13-8)11-9(10)12-7;7-5-4-3(1-2-11-4)9-6(8)10-5;3*1-3-4-2;1-3-2;;;;/h2*1-15H;3-4H,1H2,2H3;1-2H;3*1,3-4H2,2H3;1H2,2H3;2*1H;;/q;;;;;;;;;;+2;/p-2. The largest absolute Gasteiger partial charge is 0.0622 e. The zero-order valence-electron chi connectivity index (χ0n) is 46.6. The Morgan fingerprint density at radius 2 is 0.728 bits per heavy atom. The minimum Gasteiger partial charge on any atom is -0.0622 e. The van der Waals surface area contributed by atoms with Gasteiger partial charge in [-0.3, -0.25) is 0 Å². The van der Waals surface area contributed by atoms with Gasteiger partial charge in [0.25, 0.3) is 0 Å². The van der Waals surface area contributed by atoms with Crippen molar-refractivity contribution in [2.24, 2.45) is 0 Å². The molecule has 4 aromatic heterocycles. The van der Waals surface area contributed by atoms with Crippen molar-refractivity contribution in [1.82, 2.24) is 19.9 Å². The van der Waals surface area contributed by atoms with E-state index in [0.717, 1.165) is 31.7 Å². The van der Waals surface area contributed by atoms with E-state index in [2.05, 4.69) is 243 Å². The van der Waals surface area contributed by atoms with Gasteiger partial charge in [-0.25, -0.2) is 19.9 Å². The summed E-state index contributed by atoms with van der Waals surface area (Å²) >= 11 is 18.2. The van der Waals surface area contributed by atoms with E-state index in [0.29, 0.717) is 5.15 Å². The number of thiophene rings is 2. The number of rotatable bonds is 17. The van der Waals surface area contributed by atoms with Crippen molar-refractivity contribution in [2.75, 3.05) is 0 Å². The number of hydrogen-bond acceptors (Lipinski definition) is 6. The van der Waals surface area contributed by atoms with Crippen molar-refractivity contribution in [3.8, 4) is 0 Å². The molecule has 0 radical (unpaired) electrons. The Morgan fingerprint density at radius 3 is 1.01 bits per heavy atom. The summed E-state index contributed by atoms with van der Waals surface area (Å²) in [5, 5.41) is 13.2. The monoisotopic (exact) mass is 1450 g/mol. The summed E-state index contributed by atoms with van der Waals surface area (Å²) in [6, 6.07) is 68.4. The number of allylic oxidation sites excluding steroid dienone is 2. The van der Waals surface area contributed by atoms with Crippen LogP contribution in [0.1, 0.15) is 78.8 Å². The van der Waals surface area contributed by atoms with Crippen LogP contribution in [-0.2, 0) is 15.9 Å². The summed E-state index contributed by atoms with van der Waals surface area (Å²) in [5.74, 6) is 0.